The van der Waals surface area contributed by atoms with Crippen molar-refractivity contribution in [3.05, 3.63) is 24.2 Å². The van der Waals surface area contributed by atoms with Gasteiger partial charge in [-0.2, -0.15) is 9.36 Å². The number of rotatable bonds is 2. The predicted molar refractivity (Wildman–Crippen MR) is 65.6 cm³/mol. The average molecular weight is 260 g/mol. The summed E-state index contributed by atoms with van der Waals surface area (Å²) in [7, 11) is 0. The van der Waals surface area contributed by atoms with Crippen LogP contribution in [0.1, 0.15) is 5.69 Å². The lowest BCUT2D eigenvalue weighted by Crippen LogP contribution is -1.89. The molecule has 0 saturated carbocycles. The van der Waals surface area contributed by atoms with E-state index in [1.165, 1.54) is 11.5 Å². The monoisotopic (exact) mass is 260 g/mol. The number of nitrogen functional groups attached to an aromatic ring is 1. The minimum absolute atomic E-state index is 0.329. The van der Waals surface area contributed by atoms with Crippen LogP contribution < -0.4 is 5.73 Å². The lowest BCUT2D eigenvalue weighted by atomic mass is 10.2. The van der Waals surface area contributed by atoms with Gasteiger partial charge >= 0.3 is 0 Å². The molecule has 0 radical (unpaired) electrons. The Labute approximate surface area is 106 Å². The molecule has 18 heavy (non-hydrogen) atoms. The second kappa shape index (κ2) is 4.15. The van der Waals surface area contributed by atoms with Crippen LogP contribution in [0.15, 0.2) is 23.0 Å². The minimum Gasteiger partial charge on any atom is -0.389 e. The summed E-state index contributed by atoms with van der Waals surface area (Å²) < 4.78 is 9.30. The Morgan fingerprint density at radius 2 is 2.00 bits per heavy atom. The zero-order chi connectivity index (χ0) is 12.5. The second-order valence-corrected chi connectivity index (χ2v) is 4.31. The Bertz CT molecular complexity index is 657. The van der Waals surface area contributed by atoms with Crippen molar-refractivity contribution >= 4 is 16.5 Å². The summed E-state index contributed by atoms with van der Waals surface area (Å²) in [5.41, 5.74) is 7.26. The second-order valence-electron chi connectivity index (χ2n) is 3.50. The van der Waals surface area contributed by atoms with Crippen LogP contribution in [0.25, 0.3) is 23.1 Å². The van der Waals surface area contributed by atoms with Crippen molar-refractivity contribution in [1.82, 2.24) is 24.5 Å². The van der Waals surface area contributed by atoms with E-state index >= 15 is 0 Å². The Kier molecular flexibility index (Phi) is 2.49. The number of anilines is 1. The van der Waals surface area contributed by atoms with E-state index < -0.39 is 0 Å². The van der Waals surface area contributed by atoms with Gasteiger partial charge in [0.1, 0.15) is 5.00 Å². The van der Waals surface area contributed by atoms with Crippen molar-refractivity contribution in [2.75, 3.05) is 5.73 Å². The molecule has 90 valence electrons. The van der Waals surface area contributed by atoms with E-state index in [1.807, 2.05) is 6.92 Å². The molecule has 0 bridgehead atoms. The van der Waals surface area contributed by atoms with E-state index in [4.69, 9.17) is 10.3 Å². The van der Waals surface area contributed by atoms with Gasteiger partial charge in [0, 0.05) is 12.4 Å². The van der Waals surface area contributed by atoms with E-state index in [2.05, 4.69) is 24.5 Å². The molecule has 3 aromatic rings. The lowest BCUT2D eigenvalue weighted by molar-refractivity contribution is 0.432. The fraction of sp³-hybridized carbons (Fsp3) is 0.100. The Morgan fingerprint density at radius 3 is 2.67 bits per heavy atom. The van der Waals surface area contributed by atoms with Gasteiger partial charge in [-0.15, -0.1) is 0 Å². The van der Waals surface area contributed by atoms with Crippen molar-refractivity contribution in [2.24, 2.45) is 0 Å². The summed E-state index contributed by atoms with van der Waals surface area (Å²) in [5.74, 6) is 1.07. The van der Waals surface area contributed by atoms with Crippen molar-refractivity contribution in [1.29, 1.82) is 0 Å². The maximum Gasteiger partial charge on any atom is 0.263 e. The molecular weight excluding hydrogens is 252 g/mol. The molecule has 0 spiro atoms. The Balaban J connectivity index is 2.05. The molecule has 0 atom stereocenters. The average Bonchev–Trinajstić information content (AvgIpc) is 2.98. The zero-order valence-electron chi connectivity index (χ0n) is 9.36. The van der Waals surface area contributed by atoms with Gasteiger partial charge in [-0.25, -0.2) is 9.97 Å². The summed E-state index contributed by atoms with van der Waals surface area (Å²) in [6, 6.07) is 1.72. The number of nitrogens with two attached hydrogens (primary N) is 1. The Hall–Kier alpha value is -2.35. The molecule has 8 heteroatoms. The SMILES string of the molecule is Cc1nsc(N)c1-c1nc(-c2ncccn2)no1. The first-order chi connectivity index (χ1) is 8.75. The molecule has 0 aromatic carbocycles. The number of nitrogens with zero attached hydrogens (tertiary/aromatic N) is 5. The molecule has 0 fully saturated rings. The van der Waals surface area contributed by atoms with Gasteiger partial charge in [0.05, 0.1) is 11.3 Å². The highest BCUT2D eigenvalue weighted by atomic mass is 32.1. The highest BCUT2D eigenvalue weighted by Gasteiger charge is 2.18. The van der Waals surface area contributed by atoms with Crippen LogP contribution in [0, 0.1) is 6.92 Å². The molecule has 3 rings (SSSR count). The van der Waals surface area contributed by atoms with Crippen LogP contribution >= 0.6 is 11.5 Å². The molecule has 0 unspecified atom stereocenters. The van der Waals surface area contributed by atoms with E-state index in [-0.39, 0.29) is 0 Å². The van der Waals surface area contributed by atoms with Crippen LogP contribution in [0.5, 0.6) is 0 Å². The van der Waals surface area contributed by atoms with Gasteiger partial charge in [0.25, 0.3) is 5.89 Å². The van der Waals surface area contributed by atoms with Crippen molar-refractivity contribution in [3.63, 3.8) is 0 Å². The van der Waals surface area contributed by atoms with Crippen molar-refractivity contribution < 1.29 is 4.52 Å². The zero-order valence-corrected chi connectivity index (χ0v) is 10.2. The fourth-order valence-electron chi connectivity index (χ4n) is 1.48. The third kappa shape index (κ3) is 1.72. The van der Waals surface area contributed by atoms with Gasteiger partial charge in [-0.3, -0.25) is 0 Å². The minimum atomic E-state index is 0.329. The molecule has 0 amide bonds. The highest BCUT2D eigenvalue weighted by Crippen LogP contribution is 2.31. The smallest absolute Gasteiger partial charge is 0.263 e. The quantitative estimate of drug-likeness (QED) is 0.745. The molecular formula is C10H8N6OS. The summed E-state index contributed by atoms with van der Waals surface area (Å²) in [5, 5.41) is 4.39. The van der Waals surface area contributed by atoms with Crippen LogP contribution in [-0.4, -0.2) is 24.5 Å². The first-order valence-corrected chi connectivity index (χ1v) is 5.86. The third-order valence-corrected chi connectivity index (χ3v) is 3.06. The van der Waals surface area contributed by atoms with Gasteiger partial charge in [0.2, 0.25) is 11.6 Å². The number of aromatic nitrogens is 5. The number of hydrogen-bond donors (Lipinski definition) is 1. The summed E-state index contributed by atoms with van der Waals surface area (Å²) in [6.07, 6.45) is 3.23. The topological polar surface area (TPSA) is 104 Å². The van der Waals surface area contributed by atoms with Crippen LogP contribution in [0.2, 0.25) is 0 Å². The maximum atomic E-state index is 5.82. The summed E-state index contributed by atoms with van der Waals surface area (Å²) >= 11 is 1.20. The standard InChI is InChI=1S/C10H8N6OS/c1-5-6(7(11)18-16-5)10-14-9(15-17-10)8-12-3-2-4-13-8/h2-4H,11H2,1H3. The lowest BCUT2D eigenvalue weighted by Gasteiger charge is -1.91. The first kappa shape index (κ1) is 10.8. The van der Waals surface area contributed by atoms with Crippen molar-refractivity contribution in [3.8, 4) is 23.1 Å². The van der Waals surface area contributed by atoms with Crippen molar-refractivity contribution in [2.45, 2.75) is 6.92 Å². The third-order valence-electron chi connectivity index (χ3n) is 2.29. The van der Waals surface area contributed by atoms with Crippen LogP contribution in [0.3, 0.4) is 0 Å². The molecule has 2 N–H and O–H groups in total. The van der Waals surface area contributed by atoms with Gasteiger partial charge < -0.3 is 10.3 Å². The van der Waals surface area contributed by atoms with Crippen LogP contribution in [0.4, 0.5) is 5.00 Å². The van der Waals surface area contributed by atoms with Gasteiger partial charge in [0.15, 0.2) is 0 Å². The van der Waals surface area contributed by atoms with E-state index in [0.29, 0.717) is 28.1 Å². The fourth-order valence-corrected chi connectivity index (χ4v) is 2.13. The number of hydrogen-bond acceptors (Lipinski definition) is 8. The summed E-state index contributed by atoms with van der Waals surface area (Å²) in [6.45, 7) is 1.84. The molecule has 3 heterocycles. The van der Waals surface area contributed by atoms with E-state index in [1.54, 1.807) is 18.5 Å². The molecule has 0 aliphatic heterocycles. The molecule has 0 saturated heterocycles. The molecule has 3 aromatic heterocycles. The highest BCUT2D eigenvalue weighted by molar-refractivity contribution is 7.10. The molecule has 0 aliphatic rings. The normalized spacial score (nSPS) is 10.7. The maximum absolute atomic E-state index is 5.82. The van der Waals surface area contributed by atoms with Gasteiger partial charge in [-0.1, -0.05) is 5.16 Å². The van der Waals surface area contributed by atoms with Gasteiger partial charge in [-0.05, 0) is 24.5 Å². The van der Waals surface area contributed by atoms with Crippen LogP contribution in [-0.2, 0) is 0 Å². The first-order valence-electron chi connectivity index (χ1n) is 5.09. The largest absolute Gasteiger partial charge is 0.389 e. The van der Waals surface area contributed by atoms with E-state index in [0.717, 1.165) is 5.69 Å². The Morgan fingerprint density at radius 1 is 1.22 bits per heavy atom. The van der Waals surface area contributed by atoms with E-state index in [9.17, 15) is 0 Å². The predicted octanol–water partition coefficient (Wildman–Crippen LogP) is 1.54. The number of aryl methyl sites for hydroxylation is 1. The molecule has 7 nitrogen and oxygen atoms in total. The summed E-state index contributed by atoms with van der Waals surface area (Å²) in [4.78, 5) is 12.3. The molecule has 0 aliphatic carbocycles.